The van der Waals surface area contributed by atoms with Crippen molar-refractivity contribution in [2.75, 3.05) is 19.8 Å². The summed E-state index contributed by atoms with van der Waals surface area (Å²) in [6.45, 7) is 6.91. The number of nitrogens with one attached hydrogen (secondary N) is 2. The lowest BCUT2D eigenvalue weighted by Crippen LogP contribution is -2.36. The van der Waals surface area contributed by atoms with Crippen LogP contribution in [0.5, 0.6) is 11.5 Å². The van der Waals surface area contributed by atoms with Gasteiger partial charge < -0.3 is 24.9 Å². The van der Waals surface area contributed by atoms with E-state index in [9.17, 15) is 9.90 Å². The highest BCUT2D eigenvalue weighted by Crippen LogP contribution is 2.35. The van der Waals surface area contributed by atoms with E-state index in [1.54, 1.807) is 16.6 Å². The van der Waals surface area contributed by atoms with Gasteiger partial charge in [-0.3, -0.25) is 4.79 Å². The van der Waals surface area contributed by atoms with Crippen LogP contribution in [0.2, 0.25) is 0 Å². The first-order valence-corrected chi connectivity index (χ1v) is 14.8. The Morgan fingerprint density at radius 3 is 2.68 bits per heavy atom. The Labute approximate surface area is 240 Å². The fourth-order valence-electron chi connectivity index (χ4n) is 5.55. The number of aryl methyl sites for hydroxylation is 2. The molecular weight excluding hydrogens is 518 g/mol. The molecule has 0 aliphatic heterocycles. The van der Waals surface area contributed by atoms with E-state index < -0.39 is 6.10 Å². The molecular formula is C32H41N5O4. The van der Waals surface area contributed by atoms with Gasteiger partial charge in [-0.05, 0) is 70.2 Å². The number of imidazole rings is 1. The number of hydrogen-bond acceptors (Lipinski definition) is 7. The van der Waals surface area contributed by atoms with Gasteiger partial charge in [-0.1, -0.05) is 43.2 Å². The number of benzene rings is 2. The third-order valence-electron chi connectivity index (χ3n) is 7.78. The molecule has 2 heterocycles. The minimum atomic E-state index is -0.679. The molecule has 2 aromatic carbocycles. The smallest absolute Gasteiger partial charge is 0.277 e. The first kappa shape index (κ1) is 28.8. The fourth-order valence-corrected chi connectivity index (χ4v) is 5.55. The van der Waals surface area contributed by atoms with Crippen LogP contribution in [0.25, 0.3) is 16.9 Å². The molecule has 1 saturated carbocycles. The predicted octanol–water partition coefficient (Wildman–Crippen LogP) is 4.80. The van der Waals surface area contributed by atoms with Crippen LogP contribution in [0.3, 0.4) is 0 Å². The van der Waals surface area contributed by atoms with Crippen molar-refractivity contribution in [2.45, 2.75) is 77.4 Å². The first-order chi connectivity index (χ1) is 19.9. The molecule has 0 saturated heterocycles. The average molecular weight is 560 g/mol. The summed E-state index contributed by atoms with van der Waals surface area (Å²) in [6.07, 6.45) is 5.72. The Kier molecular flexibility index (Phi) is 9.36. The van der Waals surface area contributed by atoms with Crippen LogP contribution in [0.4, 0.5) is 0 Å². The molecule has 1 fully saturated rings. The van der Waals surface area contributed by atoms with E-state index in [4.69, 9.17) is 19.6 Å². The fraction of sp³-hybridized carbons (Fsp3) is 0.469. The van der Waals surface area contributed by atoms with E-state index in [1.165, 1.54) is 5.56 Å². The van der Waals surface area contributed by atoms with Crippen LogP contribution in [0, 0.1) is 6.92 Å². The number of aromatic nitrogens is 4. The zero-order valence-corrected chi connectivity index (χ0v) is 24.2. The van der Waals surface area contributed by atoms with Gasteiger partial charge >= 0.3 is 0 Å². The van der Waals surface area contributed by atoms with Crippen molar-refractivity contribution in [3.05, 3.63) is 76.0 Å². The zero-order valence-electron chi connectivity index (χ0n) is 24.2. The Balaban J connectivity index is 1.28. The van der Waals surface area contributed by atoms with Gasteiger partial charge in [0.15, 0.2) is 11.3 Å². The maximum Gasteiger partial charge on any atom is 0.277 e. The Bertz CT molecular complexity index is 1490. The number of hydrogen-bond donors (Lipinski definition) is 3. The number of fused-ring (bicyclic) bond motifs is 1. The second kappa shape index (κ2) is 13.3. The van der Waals surface area contributed by atoms with Gasteiger partial charge in [-0.2, -0.15) is 0 Å². The molecule has 218 valence electrons. The number of aliphatic hydroxyl groups excluding tert-OH is 1. The zero-order chi connectivity index (χ0) is 28.8. The van der Waals surface area contributed by atoms with Crippen LogP contribution in [-0.2, 0) is 6.42 Å². The van der Waals surface area contributed by atoms with Gasteiger partial charge in [0, 0.05) is 18.5 Å². The predicted molar refractivity (Wildman–Crippen MR) is 160 cm³/mol. The number of H-pyrrole nitrogens is 1. The summed E-state index contributed by atoms with van der Waals surface area (Å²) < 4.78 is 13.6. The second-order valence-corrected chi connectivity index (χ2v) is 11.0. The summed E-state index contributed by atoms with van der Waals surface area (Å²) >= 11 is 0. The summed E-state index contributed by atoms with van der Waals surface area (Å²) in [4.78, 5) is 20.9. The lowest BCUT2D eigenvalue weighted by Gasteiger charge is -2.18. The van der Waals surface area contributed by atoms with Crippen molar-refractivity contribution >= 4 is 5.52 Å². The summed E-state index contributed by atoms with van der Waals surface area (Å²) in [7, 11) is 0. The highest BCUT2D eigenvalue weighted by atomic mass is 16.5. The van der Waals surface area contributed by atoms with E-state index in [0.717, 1.165) is 44.3 Å². The Morgan fingerprint density at radius 2 is 1.93 bits per heavy atom. The van der Waals surface area contributed by atoms with E-state index in [0.29, 0.717) is 53.2 Å². The van der Waals surface area contributed by atoms with Crippen molar-refractivity contribution in [1.29, 1.82) is 0 Å². The molecule has 3 N–H and O–H groups in total. The number of aliphatic hydroxyl groups is 1. The Morgan fingerprint density at radius 1 is 1.15 bits per heavy atom. The van der Waals surface area contributed by atoms with Crippen molar-refractivity contribution in [2.24, 2.45) is 0 Å². The van der Waals surface area contributed by atoms with Gasteiger partial charge in [-0.25, -0.2) is 9.50 Å². The largest absolute Gasteiger partial charge is 0.493 e. The van der Waals surface area contributed by atoms with Gasteiger partial charge in [0.1, 0.15) is 30.0 Å². The summed E-state index contributed by atoms with van der Waals surface area (Å²) in [5.74, 6) is 2.69. The third kappa shape index (κ3) is 6.97. The molecule has 0 radical (unpaired) electrons. The monoisotopic (exact) mass is 559 g/mol. The standard InChI is InChI=1S/C32H41N5O4/c1-4-40-28-17-16-26(41-20-25(38)19-33-21(2)14-15-23-10-6-5-7-11-23)18-27(28)30-35-32(39)29-22(3)34-31(37(29)36-30)24-12-8-9-13-24/h5-7,10-11,16-18,21,24-25,33,38H,4,8-9,12-15,19-20H2,1-3H3,(H,35,36,39). The van der Waals surface area contributed by atoms with E-state index in [-0.39, 0.29) is 18.2 Å². The SMILES string of the molecule is CCOc1ccc(OCC(O)CNC(C)CCc2ccccc2)cc1-c1nn2c(C3CCCC3)nc(C)c2c(=O)[nH]1. The van der Waals surface area contributed by atoms with Crippen molar-refractivity contribution in [3.8, 4) is 22.9 Å². The highest BCUT2D eigenvalue weighted by Gasteiger charge is 2.25. The molecule has 5 rings (SSSR count). The van der Waals surface area contributed by atoms with Crippen molar-refractivity contribution < 1.29 is 14.6 Å². The number of ether oxygens (including phenoxy) is 2. The summed E-state index contributed by atoms with van der Waals surface area (Å²) in [5.41, 5.74) is 2.86. The summed E-state index contributed by atoms with van der Waals surface area (Å²) in [5, 5.41) is 18.8. The molecule has 4 aromatic rings. The lowest BCUT2D eigenvalue weighted by molar-refractivity contribution is 0.104. The Hall–Kier alpha value is -3.69. The molecule has 41 heavy (non-hydrogen) atoms. The molecule has 1 aliphatic rings. The minimum absolute atomic E-state index is 0.126. The molecule has 9 nitrogen and oxygen atoms in total. The molecule has 2 aromatic heterocycles. The van der Waals surface area contributed by atoms with Crippen LogP contribution in [0.1, 0.15) is 69.0 Å². The number of nitrogens with zero attached hydrogens (tertiary/aromatic N) is 3. The molecule has 0 amide bonds. The lowest BCUT2D eigenvalue weighted by atomic mass is 10.1. The highest BCUT2D eigenvalue weighted by molar-refractivity contribution is 5.67. The first-order valence-electron chi connectivity index (χ1n) is 14.8. The van der Waals surface area contributed by atoms with Crippen LogP contribution in [0.15, 0.2) is 53.3 Å². The molecule has 2 atom stereocenters. The van der Waals surface area contributed by atoms with Crippen molar-refractivity contribution in [3.63, 3.8) is 0 Å². The van der Waals surface area contributed by atoms with Crippen LogP contribution in [-0.4, -0.2) is 56.6 Å². The van der Waals surface area contributed by atoms with Gasteiger partial charge in [0.05, 0.1) is 17.9 Å². The van der Waals surface area contributed by atoms with Crippen LogP contribution < -0.4 is 20.3 Å². The van der Waals surface area contributed by atoms with Crippen LogP contribution >= 0.6 is 0 Å². The number of rotatable bonds is 13. The van der Waals surface area contributed by atoms with E-state index in [2.05, 4.69) is 41.5 Å². The summed E-state index contributed by atoms with van der Waals surface area (Å²) in [6, 6.07) is 16.1. The molecule has 0 bridgehead atoms. The van der Waals surface area contributed by atoms with E-state index >= 15 is 0 Å². The normalized spacial score (nSPS) is 15.3. The van der Waals surface area contributed by atoms with E-state index in [1.807, 2.05) is 26.0 Å². The quantitative estimate of drug-likeness (QED) is 0.216. The second-order valence-electron chi connectivity index (χ2n) is 11.0. The van der Waals surface area contributed by atoms with Gasteiger partial charge in [-0.15, -0.1) is 5.10 Å². The van der Waals surface area contributed by atoms with Gasteiger partial charge in [0.2, 0.25) is 0 Å². The maximum absolute atomic E-state index is 13.2. The third-order valence-corrected chi connectivity index (χ3v) is 7.78. The average Bonchev–Trinajstić information content (AvgIpc) is 3.63. The minimum Gasteiger partial charge on any atom is -0.493 e. The molecule has 2 unspecified atom stereocenters. The molecule has 0 spiro atoms. The van der Waals surface area contributed by atoms with Crippen molar-refractivity contribution in [1.82, 2.24) is 24.9 Å². The topological polar surface area (TPSA) is 114 Å². The number of aromatic amines is 1. The van der Waals surface area contributed by atoms with Gasteiger partial charge in [0.25, 0.3) is 5.56 Å². The maximum atomic E-state index is 13.2. The molecule has 9 heteroatoms. The molecule has 1 aliphatic carbocycles.